The number of hydrogen-bond acceptors (Lipinski definition) is 3. The lowest BCUT2D eigenvalue weighted by Crippen LogP contribution is -2.53. The Labute approximate surface area is 138 Å². The summed E-state index contributed by atoms with van der Waals surface area (Å²) in [5, 5.41) is 9.72. The molecule has 0 radical (unpaired) electrons. The average Bonchev–Trinajstić information content (AvgIpc) is 2.51. The fraction of sp³-hybridized carbons (Fsp3) is 0.643. The highest BCUT2D eigenvalue weighted by atomic mass is 79.9. The number of pyridine rings is 1. The summed E-state index contributed by atoms with van der Waals surface area (Å²) >= 11 is 3.16. The first-order chi connectivity index (χ1) is 10.2. The van der Waals surface area contributed by atoms with Crippen molar-refractivity contribution in [2.45, 2.75) is 50.9 Å². The van der Waals surface area contributed by atoms with Crippen LogP contribution in [0.5, 0.6) is 0 Å². The molecule has 22 heavy (non-hydrogen) atoms. The number of aliphatic hydroxyl groups excluding tert-OH is 1. The minimum Gasteiger partial charge on any atom is -0.394 e. The van der Waals surface area contributed by atoms with Crippen molar-refractivity contribution in [2.75, 3.05) is 6.61 Å². The molecule has 8 heteroatoms. The molecule has 1 atom stereocenters. The maximum Gasteiger partial charge on any atom is 0.264 e. The largest absolute Gasteiger partial charge is 0.394 e. The minimum absolute atomic E-state index is 0.259. The van der Waals surface area contributed by atoms with Crippen LogP contribution in [0, 0.1) is 5.82 Å². The lowest BCUT2D eigenvalue weighted by atomic mass is 9.97. The van der Waals surface area contributed by atoms with Gasteiger partial charge in [0.2, 0.25) is 0 Å². The second-order valence-electron chi connectivity index (χ2n) is 5.50. The van der Waals surface area contributed by atoms with Crippen molar-refractivity contribution < 1.29 is 18.3 Å². The van der Waals surface area contributed by atoms with Crippen molar-refractivity contribution in [3.63, 3.8) is 0 Å². The topological polar surface area (TPSA) is 59.1 Å². The zero-order valence-electron chi connectivity index (χ0n) is 13.0. The fourth-order valence-electron chi connectivity index (χ4n) is 2.76. The summed E-state index contributed by atoms with van der Waals surface area (Å²) in [6.45, 7) is 4.88. The zero-order chi connectivity index (χ0) is 17.1. The van der Waals surface area contributed by atoms with Crippen LogP contribution in [0.1, 0.15) is 26.5 Å². The van der Waals surface area contributed by atoms with Crippen molar-refractivity contribution in [2.24, 2.45) is 5.73 Å². The molecular weight excluding hydrogens is 377 g/mol. The second-order valence-corrected chi connectivity index (χ2v) is 11.5. The Kier molecular flexibility index (Phi) is 6.61. The van der Waals surface area contributed by atoms with Crippen molar-refractivity contribution in [1.82, 2.24) is 4.98 Å². The van der Waals surface area contributed by atoms with E-state index in [0.29, 0.717) is 5.19 Å². The maximum absolute atomic E-state index is 15.0. The number of aliphatic hydroxyl groups is 1. The molecule has 126 valence electrons. The number of rotatable bonds is 7. The molecule has 0 bridgehead atoms. The van der Waals surface area contributed by atoms with Crippen LogP contribution < -0.4 is 10.9 Å². The molecule has 0 aliphatic carbocycles. The number of nitrogens with two attached hydrogens (primary N) is 1. The van der Waals surface area contributed by atoms with Gasteiger partial charge in [-0.05, 0) is 27.2 Å². The Morgan fingerprint density at radius 2 is 1.82 bits per heavy atom. The third-order valence-electron chi connectivity index (χ3n) is 4.62. The second kappa shape index (κ2) is 7.42. The molecule has 0 aliphatic heterocycles. The van der Waals surface area contributed by atoms with Gasteiger partial charge in [0, 0.05) is 0 Å². The first-order valence-corrected chi connectivity index (χ1v) is 10.7. The van der Waals surface area contributed by atoms with E-state index in [1.165, 1.54) is 0 Å². The van der Waals surface area contributed by atoms with E-state index in [-0.39, 0.29) is 4.60 Å². The number of nitrogens with zero attached hydrogens (tertiary/aromatic N) is 1. The average molecular weight is 399 g/mol. The van der Waals surface area contributed by atoms with Gasteiger partial charge in [-0.2, -0.15) is 0 Å². The normalized spacial score (nSPS) is 15.2. The summed E-state index contributed by atoms with van der Waals surface area (Å²) in [6.07, 6.45) is -3.12. The summed E-state index contributed by atoms with van der Waals surface area (Å²) in [5.74, 6) is -0.794. The fourth-order valence-corrected chi connectivity index (χ4v) is 7.05. The van der Waals surface area contributed by atoms with Gasteiger partial charge in [-0.25, -0.2) is 18.2 Å². The van der Waals surface area contributed by atoms with E-state index in [0.717, 1.165) is 18.1 Å². The number of aromatic nitrogens is 1. The van der Waals surface area contributed by atoms with Crippen LogP contribution in [0.2, 0.25) is 18.1 Å². The van der Waals surface area contributed by atoms with E-state index in [9.17, 15) is 18.3 Å². The smallest absolute Gasteiger partial charge is 0.264 e. The summed E-state index contributed by atoms with van der Waals surface area (Å²) in [4.78, 5) is 3.81. The molecule has 0 spiro atoms. The van der Waals surface area contributed by atoms with Crippen LogP contribution in [0.4, 0.5) is 13.2 Å². The number of alkyl halides is 2. The van der Waals surface area contributed by atoms with E-state index < -0.39 is 38.2 Å². The molecule has 0 aromatic carbocycles. The van der Waals surface area contributed by atoms with Crippen LogP contribution in [0.15, 0.2) is 10.7 Å². The summed E-state index contributed by atoms with van der Waals surface area (Å²) in [7, 11) is -2.15. The molecule has 0 unspecified atom stereocenters. The molecule has 1 aromatic heterocycles. The SMILES string of the molecule is CC[Si](CC)(CC)c1cc(Br)nc([C@](N)(CO)C(F)F)c1F. The third kappa shape index (κ3) is 3.24. The standard InChI is InChI=1S/C14H22BrF3N2OSi/c1-4-22(5-2,6-3)9-7-10(15)20-12(11(9)16)14(19,8-21)13(17)18/h7,13,21H,4-6,8,19H2,1-3H3/t14-/m1/s1. The van der Waals surface area contributed by atoms with Gasteiger partial charge in [-0.3, -0.25) is 0 Å². The van der Waals surface area contributed by atoms with E-state index in [1.54, 1.807) is 6.07 Å². The molecule has 0 amide bonds. The summed E-state index contributed by atoms with van der Waals surface area (Å²) in [5.41, 5.74) is 2.49. The lowest BCUT2D eigenvalue weighted by molar-refractivity contribution is 0.0109. The summed E-state index contributed by atoms with van der Waals surface area (Å²) < 4.78 is 41.8. The Morgan fingerprint density at radius 1 is 1.32 bits per heavy atom. The van der Waals surface area contributed by atoms with E-state index >= 15 is 0 Å². The monoisotopic (exact) mass is 398 g/mol. The highest BCUT2D eigenvalue weighted by molar-refractivity contribution is 9.10. The van der Waals surface area contributed by atoms with E-state index in [2.05, 4.69) is 20.9 Å². The molecular formula is C14H22BrF3N2OSi. The van der Waals surface area contributed by atoms with Crippen molar-refractivity contribution in [1.29, 1.82) is 0 Å². The van der Waals surface area contributed by atoms with Gasteiger partial charge in [0.05, 0.1) is 14.7 Å². The van der Waals surface area contributed by atoms with Gasteiger partial charge in [-0.15, -0.1) is 0 Å². The Morgan fingerprint density at radius 3 is 2.18 bits per heavy atom. The number of halogens is 4. The van der Waals surface area contributed by atoms with Gasteiger partial charge >= 0.3 is 0 Å². The minimum atomic E-state index is -3.12. The van der Waals surface area contributed by atoms with E-state index in [4.69, 9.17) is 5.73 Å². The Balaban J connectivity index is 3.66. The molecule has 3 N–H and O–H groups in total. The van der Waals surface area contributed by atoms with Gasteiger partial charge in [0.25, 0.3) is 6.43 Å². The van der Waals surface area contributed by atoms with Crippen LogP contribution >= 0.6 is 15.9 Å². The van der Waals surface area contributed by atoms with Crippen LogP contribution in [0.25, 0.3) is 0 Å². The molecule has 0 fully saturated rings. The van der Waals surface area contributed by atoms with Gasteiger partial charge in [0.15, 0.2) is 0 Å². The van der Waals surface area contributed by atoms with Crippen molar-refractivity contribution >= 4 is 29.2 Å². The van der Waals surface area contributed by atoms with Gasteiger partial charge in [-0.1, -0.05) is 38.9 Å². The van der Waals surface area contributed by atoms with Crippen LogP contribution in [-0.2, 0) is 5.54 Å². The van der Waals surface area contributed by atoms with E-state index in [1.807, 2.05) is 20.8 Å². The van der Waals surface area contributed by atoms with Crippen LogP contribution in [0.3, 0.4) is 0 Å². The van der Waals surface area contributed by atoms with Crippen molar-refractivity contribution in [3.05, 3.63) is 22.2 Å². The maximum atomic E-state index is 15.0. The quantitative estimate of drug-likeness (QED) is 0.547. The molecule has 0 saturated heterocycles. The molecule has 1 aromatic rings. The predicted octanol–water partition coefficient (Wildman–Crippen LogP) is 3.11. The Bertz CT molecular complexity index is 491. The third-order valence-corrected chi connectivity index (χ3v) is 10.6. The molecule has 1 heterocycles. The molecule has 3 nitrogen and oxygen atoms in total. The molecule has 1 rings (SSSR count). The van der Waals surface area contributed by atoms with Crippen molar-refractivity contribution in [3.8, 4) is 0 Å². The summed E-state index contributed by atoms with van der Waals surface area (Å²) in [6, 6.07) is 3.94. The first kappa shape index (κ1) is 19.6. The first-order valence-electron chi connectivity index (χ1n) is 7.27. The highest BCUT2D eigenvalue weighted by Gasteiger charge is 2.44. The highest BCUT2D eigenvalue weighted by Crippen LogP contribution is 2.30. The lowest BCUT2D eigenvalue weighted by Gasteiger charge is -2.32. The van der Waals surface area contributed by atoms with Gasteiger partial charge < -0.3 is 10.8 Å². The number of hydrogen-bond donors (Lipinski definition) is 2. The predicted molar refractivity (Wildman–Crippen MR) is 87.7 cm³/mol. The van der Waals surface area contributed by atoms with Crippen LogP contribution in [-0.4, -0.2) is 31.2 Å². The zero-order valence-corrected chi connectivity index (χ0v) is 15.6. The molecule has 0 aliphatic rings. The van der Waals surface area contributed by atoms with Gasteiger partial charge in [0.1, 0.15) is 21.7 Å². The Hall–Kier alpha value is -0.443. The molecule has 0 saturated carbocycles.